The van der Waals surface area contributed by atoms with Crippen molar-refractivity contribution in [2.24, 2.45) is 0 Å². The number of carbonyl (C=O) groups excluding carboxylic acids is 2. The van der Waals surface area contributed by atoms with Crippen LogP contribution in [-0.2, 0) is 4.74 Å². The fraction of sp³-hybridized carbons (Fsp3) is 0.562. The molecule has 0 radical (unpaired) electrons. The van der Waals surface area contributed by atoms with E-state index in [0.29, 0.717) is 24.5 Å². The van der Waals surface area contributed by atoms with E-state index in [1.165, 1.54) is 13.1 Å². The third-order valence-corrected chi connectivity index (χ3v) is 3.20. The number of likely N-dealkylation sites (tertiary alicyclic amines) is 1. The highest BCUT2D eigenvalue weighted by Crippen LogP contribution is 2.20. The summed E-state index contributed by atoms with van der Waals surface area (Å²) in [6.45, 7) is 8.10. The lowest BCUT2D eigenvalue weighted by atomic mass is 10.2. The van der Waals surface area contributed by atoms with Crippen molar-refractivity contribution in [1.82, 2.24) is 9.88 Å². The summed E-state index contributed by atoms with van der Waals surface area (Å²) in [7, 11) is 0. The Morgan fingerprint density at radius 2 is 2.05 bits per heavy atom. The average molecular weight is 306 g/mol. The first-order chi connectivity index (χ1) is 10.2. The standard InChI is InChI=1S/C16H22N2O4/c1-11(19)14-6-5-12(9-17-14)21-13-7-8-18(10-13)15(20)22-16(2,3)4/h5-6,9,13H,7-8,10H2,1-4H3/t13-/m1/s1. The fourth-order valence-corrected chi connectivity index (χ4v) is 2.17. The van der Waals surface area contributed by atoms with Gasteiger partial charge in [-0.05, 0) is 32.9 Å². The van der Waals surface area contributed by atoms with E-state index < -0.39 is 5.60 Å². The predicted octanol–water partition coefficient (Wildman–Crippen LogP) is 2.67. The minimum absolute atomic E-state index is 0.0801. The maximum Gasteiger partial charge on any atom is 0.410 e. The van der Waals surface area contributed by atoms with Crippen LogP contribution in [0.2, 0.25) is 0 Å². The molecular formula is C16H22N2O4. The highest BCUT2D eigenvalue weighted by atomic mass is 16.6. The minimum atomic E-state index is -0.498. The van der Waals surface area contributed by atoms with E-state index in [-0.39, 0.29) is 18.0 Å². The van der Waals surface area contributed by atoms with E-state index in [1.807, 2.05) is 20.8 Å². The highest BCUT2D eigenvalue weighted by molar-refractivity contribution is 5.92. The Morgan fingerprint density at radius 1 is 1.32 bits per heavy atom. The molecule has 6 nitrogen and oxygen atoms in total. The first-order valence-corrected chi connectivity index (χ1v) is 7.36. The first kappa shape index (κ1) is 16.3. The summed E-state index contributed by atoms with van der Waals surface area (Å²) in [4.78, 5) is 28.8. The summed E-state index contributed by atoms with van der Waals surface area (Å²) < 4.78 is 11.1. The Kier molecular flexibility index (Phi) is 4.68. The lowest BCUT2D eigenvalue weighted by Gasteiger charge is -2.24. The number of hydrogen-bond acceptors (Lipinski definition) is 5. The van der Waals surface area contributed by atoms with Gasteiger partial charge in [-0.1, -0.05) is 0 Å². The molecule has 0 spiro atoms. The molecule has 1 aliphatic heterocycles. The lowest BCUT2D eigenvalue weighted by Crippen LogP contribution is -2.36. The zero-order valence-electron chi connectivity index (χ0n) is 13.5. The van der Waals surface area contributed by atoms with Crippen molar-refractivity contribution >= 4 is 11.9 Å². The molecule has 0 N–H and O–H groups in total. The van der Waals surface area contributed by atoms with Gasteiger partial charge in [0.15, 0.2) is 5.78 Å². The molecule has 0 saturated carbocycles. The van der Waals surface area contributed by atoms with Crippen molar-refractivity contribution in [3.63, 3.8) is 0 Å². The van der Waals surface area contributed by atoms with Gasteiger partial charge in [0, 0.05) is 19.9 Å². The van der Waals surface area contributed by atoms with E-state index in [1.54, 1.807) is 17.0 Å². The van der Waals surface area contributed by atoms with Gasteiger partial charge in [0.25, 0.3) is 0 Å². The third kappa shape index (κ3) is 4.44. The predicted molar refractivity (Wildman–Crippen MR) is 81.1 cm³/mol. The maximum atomic E-state index is 12.0. The molecule has 0 bridgehead atoms. The number of Topliss-reactive ketones (excluding diaryl/α,β-unsaturated/α-hetero) is 1. The second-order valence-electron chi connectivity index (χ2n) is 6.39. The Hall–Kier alpha value is -2.11. The van der Waals surface area contributed by atoms with Gasteiger partial charge in [-0.3, -0.25) is 4.79 Å². The van der Waals surface area contributed by atoms with Crippen molar-refractivity contribution in [3.8, 4) is 5.75 Å². The molecule has 1 amide bonds. The second kappa shape index (κ2) is 6.34. The van der Waals surface area contributed by atoms with Crippen molar-refractivity contribution in [2.45, 2.75) is 45.8 Å². The second-order valence-corrected chi connectivity index (χ2v) is 6.39. The van der Waals surface area contributed by atoms with E-state index in [0.717, 1.165) is 6.42 Å². The third-order valence-electron chi connectivity index (χ3n) is 3.20. The number of ether oxygens (including phenoxy) is 2. The van der Waals surface area contributed by atoms with Crippen LogP contribution in [0, 0.1) is 0 Å². The van der Waals surface area contributed by atoms with Gasteiger partial charge < -0.3 is 14.4 Å². The van der Waals surface area contributed by atoms with Gasteiger partial charge in [0.2, 0.25) is 0 Å². The van der Waals surface area contributed by atoms with E-state index >= 15 is 0 Å². The smallest absolute Gasteiger partial charge is 0.410 e. The largest absolute Gasteiger partial charge is 0.487 e. The number of rotatable bonds is 3. The van der Waals surface area contributed by atoms with Crippen LogP contribution in [0.1, 0.15) is 44.6 Å². The molecule has 0 unspecified atom stereocenters. The molecule has 1 aliphatic rings. The zero-order chi connectivity index (χ0) is 16.3. The summed E-state index contributed by atoms with van der Waals surface area (Å²) in [6, 6.07) is 3.36. The number of nitrogens with zero attached hydrogens (tertiary/aromatic N) is 2. The lowest BCUT2D eigenvalue weighted by molar-refractivity contribution is 0.0275. The molecular weight excluding hydrogens is 284 g/mol. The number of ketones is 1. The summed E-state index contributed by atoms with van der Waals surface area (Å²) in [6.07, 6.45) is 1.88. The number of amides is 1. The van der Waals surface area contributed by atoms with Crippen LogP contribution in [0.5, 0.6) is 5.75 Å². The molecule has 6 heteroatoms. The van der Waals surface area contributed by atoms with Crippen molar-refractivity contribution in [1.29, 1.82) is 0 Å². The summed E-state index contributed by atoms with van der Waals surface area (Å²) >= 11 is 0. The van der Waals surface area contributed by atoms with Crippen LogP contribution >= 0.6 is 0 Å². The van der Waals surface area contributed by atoms with E-state index in [2.05, 4.69) is 4.98 Å². The molecule has 1 atom stereocenters. The van der Waals surface area contributed by atoms with Gasteiger partial charge in [0.1, 0.15) is 23.1 Å². The molecule has 1 aromatic rings. The monoisotopic (exact) mass is 306 g/mol. The average Bonchev–Trinajstić information content (AvgIpc) is 2.86. The zero-order valence-corrected chi connectivity index (χ0v) is 13.5. The van der Waals surface area contributed by atoms with Gasteiger partial charge in [-0.2, -0.15) is 0 Å². The fourth-order valence-electron chi connectivity index (χ4n) is 2.17. The SMILES string of the molecule is CC(=O)c1ccc(O[C@@H]2CCN(C(=O)OC(C)(C)C)C2)cn1. The molecule has 22 heavy (non-hydrogen) atoms. The Balaban J connectivity index is 1.88. The quantitative estimate of drug-likeness (QED) is 0.803. The Morgan fingerprint density at radius 3 is 2.59 bits per heavy atom. The molecule has 2 heterocycles. The summed E-state index contributed by atoms with van der Waals surface area (Å²) in [5, 5.41) is 0. The van der Waals surface area contributed by atoms with Crippen LogP contribution in [0.15, 0.2) is 18.3 Å². The maximum absolute atomic E-state index is 12.0. The number of pyridine rings is 1. The number of hydrogen-bond donors (Lipinski definition) is 0. The van der Waals surface area contributed by atoms with Crippen LogP contribution in [0.4, 0.5) is 4.79 Å². The molecule has 120 valence electrons. The van der Waals surface area contributed by atoms with E-state index in [9.17, 15) is 9.59 Å². The van der Waals surface area contributed by atoms with E-state index in [4.69, 9.17) is 9.47 Å². The van der Waals surface area contributed by atoms with Crippen LogP contribution in [0.25, 0.3) is 0 Å². The molecule has 1 saturated heterocycles. The Bertz CT molecular complexity index is 548. The van der Waals surface area contributed by atoms with Crippen LogP contribution in [0.3, 0.4) is 0 Å². The first-order valence-electron chi connectivity index (χ1n) is 7.36. The molecule has 2 rings (SSSR count). The van der Waals surface area contributed by atoms with Crippen molar-refractivity contribution in [2.75, 3.05) is 13.1 Å². The van der Waals surface area contributed by atoms with Crippen molar-refractivity contribution in [3.05, 3.63) is 24.0 Å². The number of carbonyl (C=O) groups is 2. The van der Waals surface area contributed by atoms with Gasteiger partial charge >= 0.3 is 6.09 Å². The minimum Gasteiger partial charge on any atom is -0.487 e. The molecule has 1 fully saturated rings. The number of aromatic nitrogens is 1. The molecule has 0 aliphatic carbocycles. The van der Waals surface area contributed by atoms with Crippen LogP contribution in [-0.4, -0.2) is 46.6 Å². The topological polar surface area (TPSA) is 68.7 Å². The highest BCUT2D eigenvalue weighted by Gasteiger charge is 2.30. The molecule has 0 aromatic carbocycles. The Labute approximate surface area is 130 Å². The van der Waals surface area contributed by atoms with Gasteiger partial charge in [0.05, 0.1) is 12.7 Å². The summed E-state index contributed by atoms with van der Waals surface area (Å²) in [5.74, 6) is 0.518. The normalized spacial score (nSPS) is 18.2. The van der Waals surface area contributed by atoms with Crippen molar-refractivity contribution < 1.29 is 19.1 Å². The van der Waals surface area contributed by atoms with Gasteiger partial charge in [-0.15, -0.1) is 0 Å². The summed E-state index contributed by atoms with van der Waals surface area (Å²) in [5.41, 5.74) is -0.0863. The molecule has 1 aromatic heterocycles. The van der Waals surface area contributed by atoms with Crippen LogP contribution < -0.4 is 4.74 Å². The van der Waals surface area contributed by atoms with Gasteiger partial charge in [-0.25, -0.2) is 9.78 Å².